The van der Waals surface area contributed by atoms with Gasteiger partial charge in [-0.15, -0.1) is 0 Å². The first-order valence-electron chi connectivity index (χ1n) is 6.20. The van der Waals surface area contributed by atoms with E-state index >= 15 is 0 Å². The highest BCUT2D eigenvalue weighted by atomic mass is 15.3. The average molecular weight is 223 g/mol. The van der Waals surface area contributed by atoms with Crippen molar-refractivity contribution in [3.63, 3.8) is 0 Å². The van der Waals surface area contributed by atoms with E-state index in [1.165, 1.54) is 5.56 Å². The lowest BCUT2D eigenvalue weighted by molar-refractivity contribution is 0.301. The summed E-state index contributed by atoms with van der Waals surface area (Å²) in [5.74, 6) is 0. The maximum Gasteiger partial charge on any atom is 0.0521 e. The summed E-state index contributed by atoms with van der Waals surface area (Å²) in [4.78, 5) is 0. The molecular weight excluding hydrogens is 198 g/mol. The van der Waals surface area contributed by atoms with Crippen molar-refractivity contribution in [2.75, 3.05) is 0 Å². The molecular formula is C13H25N3. The Kier molecular flexibility index (Phi) is 4.54. The second kappa shape index (κ2) is 5.48. The molecule has 3 nitrogen and oxygen atoms in total. The molecule has 3 heteroatoms. The van der Waals surface area contributed by atoms with Gasteiger partial charge in [0.05, 0.1) is 6.20 Å². The second-order valence-electron chi connectivity index (χ2n) is 5.57. The van der Waals surface area contributed by atoms with E-state index in [4.69, 9.17) is 5.73 Å². The summed E-state index contributed by atoms with van der Waals surface area (Å²) >= 11 is 0. The minimum atomic E-state index is 0.216. The minimum absolute atomic E-state index is 0.216. The maximum atomic E-state index is 6.13. The fourth-order valence-electron chi connectivity index (χ4n) is 1.67. The van der Waals surface area contributed by atoms with Crippen LogP contribution in [0.5, 0.6) is 0 Å². The Morgan fingerprint density at radius 2 is 2.12 bits per heavy atom. The van der Waals surface area contributed by atoms with Crippen LogP contribution < -0.4 is 5.73 Å². The van der Waals surface area contributed by atoms with Crippen molar-refractivity contribution in [1.82, 2.24) is 9.78 Å². The average Bonchev–Trinajstić information content (AvgIpc) is 2.64. The van der Waals surface area contributed by atoms with Crippen molar-refractivity contribution in [3.8, 4) is 0 Å². The summed E-state index contributed by atoms with van der Waals surface area (Å²) in [6.07, 6.45) is 7.41. The number of hydrogen-bond acceptors (Lipinski definition) is 2. The number of aryl methyl sites for hydroxylation is 2. The van der Waals surface area contributed by atoms with Gasteiger partial charge in [0.25, 0.3) is 0 Å². The molecule has 0 aliphatic carbocycles. The maximum absolute atomic E-state index is 6.13. The predicted octanol–water partition coefficient (Wildman–Crippen LogP) is 2.60. The van der Waals surface area contributed by atoms with Gasteiger partial charge < -0.3 is 5.73 Å². The standard InChI is InChI=1S/C13H25N3/c1-5-16-10-11(9-15-16)7-6-8-12(14)13(2,3)4/h9-10,12H,5-8,14H2,1-4H3. The third kappa shape index (κ3) is 3.97. The van der Waals surface area contributed by atoms with Gasteiger partial charge in [-0.3, -0.25) is 4.68 Å². The molecule has 0 aliphatic rings. The number of aromatic nitrogens is 2. The van der Waals surface area contributed by atoms with Crippen molar-refractivity contribution in [1.29, 1.82) is 0 Å². The molecule has 1 atom stereocenters. The first-order valence-corrected chi connectivity index (χ1v) is 6.20. The van der Waals surface area contributed by atoms with E-state index in [1.807, 2.05) is 10.9 Å². The molecule has 1 heterocycles. The van der Waals surface area contributed by atoms with Crippen molar-refractivity contribution in [3.05, 3.63) is 18.0 Å². The molecule has 16 heavy (non-hydrogen) atoms. The fourth-order valence-corrected chi connectivity index (χ4v) is 1.67. The minimum Gasteiger partial charge on any atom is -0.327 e. The van der Waals surface area contributed by atoms with Crippen LogP contribution in [-0.2, 0) is 13.0 Å². The molecule has 92 valence electrons. The smallest absolute Gasteiger partial charge is 0.0521 e. The lowest BCUT2D eigenvalue weighted by Crippen LogP contribution is -2.34. The van der Waals surface area contributed by atoms with Crippen LogP contribution in [-0.4, -0.2) is 15.8 Å². The molecule has 0 saturated carbocycles. The molecule has 1 rings (SSSR count). The Hall–Kier alpha value is -0.830. The topological polar surface area (TPSA) is 43.8 Å². The quantitative estimate of drug-likeness (QED) is 0.834. The van der Waals surface area contributed by atoms with Crippen molar-refractivity contribution in [2.45, 2.75) is 59.5 Å². The molecule has 1 aromatic heterocycles. The monoisotopic (exact) mass is 223 g/mol. The van der Waals surface area contributed by atoms with E-state index in [9.17, 15) is 0 Å². The number of nitrogens with zero attached hydrogens (tertiary/aromatic N) is 2. The lowest BCUT2D eigenvalue weighted by Gasteiger charge is -2.26. The van der Waals surface area contributed by atoms with E-state index in [0.717, 1.165) is 25.8 Å². The van der Waals surface area contributed by atoms with Crippen LogP contribution in [0, 0.1) is 5.41 Å². The van der Waals surface area contributed by atoms with E-state index in [-0.39, 0.29) is 11.5 Å². The van der Waals surface area contributed by atoms with E-state index in [1.54, 1.807) is 0 Å². The second-order valence-corrected chi connectivity index (χ2v) is 5.57. The molecule has 0 radical (unpaired) electrons. The zero-order chi connectivity index (χ0) is 12.2. The van der Waals surface area contributed by atoms with Gasteiger partial charge in [-0.05, 0) is 37.2 Å². The van der Waals surface area contributed by atoms with Gasteiger partial charge in [0.2, 0.25) is 0 Å². The highest BCUT2D eigenvalue weighted by Gasteiger charge is 2.19. The van der Waals surface area contributed by atoms with Gasteiger partial charge >= 0.3 is 0 Å². The van der Waals surface area contributed by atoms with Gasteiger partial charge in [0, 0.05) is 18.8 Å². The molecule has 0 amide bonds. The zero-order valence-electron chi connectivity index (χ0n) is 11.0. The third-order valence-corrected chi connectivity index (χ3v) is 3.10. The Morgan fingerprint density at radius 1 is 1.44 bits per heavy atom. The summed E-state index contributed by atoms with van der Waals surface area (Å²) < 4.78 is 1.97. The van der Waals surface area contributed by atoms with E-state index in [2.05, 4.69) is 39.0 Å². The summed E-state index contributed by atoms with van der Waals surface area (Å²) in [6.45, 7) is 9.65. The van der Waals surface area contributed by atoms with Crippen LogP contribution in [0.25, 0.3) is 0 Å². The van der Waals surface area contributed by atoms with Crippen molar-refractivity contribution < 1.29 is 0 Å². The Balaban J connectivity index is 2.30. The predicted molar refractivity (Wildman–Crippen MR) is 68.3 cm³/mol. The largest absolute Gasteiger partial charge is 0.327 e. The zero-order valence-corrected chi connectivity index (χ0v) is 11.0. The molecule has 1 aromatic rings. The van der Waals surface area contributed by atoms with Crippen LogP contribution in [0.2, 0.25) is 0 Å². The summed E-state index contributed by atoms with van der Waals surface area (Å²) in [5.41, 5.74) is 7.66. The summed E-state index contributed by atoms with van der Waals surface area (Å²) in [6, 6.07) is 0.286. The Bertz CT molecular complexity index is 309. The van der Waals surface area contributed by atoms with Crippen LogP contribution in [0.1, 0.15) is 46.1 Å². The van der Waals surface area contributed by atoms with Crippen molar-refractivity contribution >= 4 is 0 Å². The van der Waals surface area contributed by atoms with Gasteiger partial charge in [-0.25, -0.2) is 0 Å². The number of hydrogen-bond donors (Lipinski definition) is 1. The molecule has 0 aromatic carbocycles. The Labute approximate surface area is 99.0 Å². The van der Waals surface area contributed by atoms with Gasteiger partial charge in [0.15, 0.2) is 0 Å². The molecule has 0 spiro atoms. The van der Waals surface area contributed by atoms with Gasteiger partial charge in [0.1, 0.15) is 0 Å². The summed E-state index contributed by atoms with van der Waals surface area (Å²) in [5, 5.41) is 4.27. The normalized spacial score (nSPS) is 14.1. The molecule has 0 fully saturated rings. The van der Waals surface area contributed by atoms with Crippen LogP contribution >= 0.6 is 0 Å². The SMILES string of the molecule is CCn1cc(CCCC(N)C(C)(C)C)cn1. The van der Waals surface area contributed by atoms with E-state index in [0.29, 0.717) is 0 Å². The van der Waals surface area contributed by atoms with Crippen LogP contribution in [0.3, 0.4) is 0 Å². The first kappa shape index (κ1) is 13.2. The molecule has 2 N–H and O–H groups in total. The fraction of sp³-hybridized carbons (Fsp3) is 0.769. The van der Waals surface area contributed by atoms with Crippen LogP contribution in [0.4, 0.5) is 0 Å². The summed E-state index contributed by atoms with van der Waals surface area (Å²) in [7, 11) is 0. The third-order valence-electron chi connectivity index (χ3n) is 3.10. The highest BCUT2D eigenvalue weighted by molar-refractivity contribution is 5.03. The number of rotatable bonds is 5. The van der Waals surface area contributed by atoms with Crippen molar-refractivity contribution in [2.24, 2.45) is 11.1 Å². The van der Waals surface area contributed by atoms with E-state index < -0.39 is 0 Å². The van der Waals surface area contributed by atoms with Crippen LogP contribution in [0.15, 0.2) is 12.4 Å². The molecule has 0 aliphatic heterocycles. The molecule has 0 saturated heterocycles. The van der Waals surface area contributed by atoms with Gasteiger partial charge in [-0.1, -0.05) is 20.8 Å². The highest BCUT2D eigenvalue weighted by Crippen LogP contribution is 2.21. The Morgan fingerprint density at radius 3 is 2.62 bits per heavy atom. The van der Waals surface area contributed by atoms with Gasteiger partial charge in [-0.2, -0.15) is 5.10 Å². The first-order chi connectivity index (χ1) is 7.43. The number of nitrogens with two attached hydrogens (primary N) is 1. The molecule has 1 unspecified atom stereocenters. The lowest BCUT2D eigenvalue weighted by atomic mass is 9.84. The molecule has 0 bridgehead atoms.